The molecular formula is C30H40Br2O2. The quantitative estimate of drug-likeness (QED) is 0.122. The van der Waals surface area contributed by atoms with Crippen LogP contribution in [0, 0.1) is 0 Å². The topological polar surface area (TPSA) is 18.5 Å². The van der Waals surface area contributed by atoms with Gasteiger partial charge in [0.05, 0.1) is 13.2 Å². The summed E-state index contributed by atoms with van der Waals surface area (Å²) in [7, 11) is 0. The molecule has 0 saturated heterocycles. The van der Waals surface area contributed by atoms with Crippen molar-refractivity contribution in [1.82, 2.24) is 0 Å². The molecule has 0 aliphatic rings. The predicted octanol–water partition coefficient (Wildman–Crippen LogP) is 11.0. The van der Waals surface area contributed by atoms with Crippen LogP contribution in [-0.4, -0.2) is 13.2 Å². The van der Waals surface area contributed by atoms with Crippen LogP contribution in [0.25, 0.3) is 21.5 Å². The highest BCUT2D eigenvalue weighted by atomic mass is 79.9. The van der Waals surface area contributed by atoms with Gasteiger partial charge in [0.15, 0.2) is 0 Å². The summed E-state index contributed by atoms with van der Waals surface area (Å²) in [5.41, 5.74) is 0. The molecule has 34 heavy (non-hydrogen) atoms. The molecule has 0 bridgehead atoms. The molecule has 0 aliphatic heterocycles. The minimum atomic E-state index is 0.781. The van der Waals surface area contributed by atoms with Gasteiger partial charge in [-0.25, -0.2) is 0 Å². The highest BCUT2D eigenvalue weighted by Crippen LogP contribution is 2.41. The van der Waals surface area contributed by atoms with Gasteiger partial charge >= 0.3 is 0 Å². The van der Waals surface area contributed by atoms with E-state index in [1.165, 1.54) is 85.8 Å². The van der Waals surface area contributed by atoms with Crippen LogP contribution < -0.4 is 9.47 Å². The molecule has 0 fully saturated rings. The fraction of sp³-hybridized carbons (Fsp3) is 0.533. The first-order chi connectivity index (χ1) is 16.7. The fourth-order valence-electron chi connectivity index (χ4n) is 4.41. The van der Waals surface area contributed by atoms with Gasteiger partial charge in [-0.15, -0.1) is 0 Å². The predicted molar refractivity (Wildman–Crippen MR) is 155 cm³/mol. The first-order valence-electron chi connectivity index (χ1n) is 13.3. The lowest BCUT2D eigenvalue weighted by Gasteiger charge is -2.14. The second-order valence-electron chi connectivity index (χ2n) is 9.28. The lowest BCUT2D eigenvalue weighted by molar-refractivity contribution is 0.304. The van der Waals surface area contributed by atoms with Gasteiger partial charge in [-0.1, -0.05) is 78.1 Å². The summed E-state index contributed by atoms with van der Waals surface area (Å²) in [6, 6.07) is 12.8. The minimum absolute atomic E-state index is 0.781. The molecule has 0 amide bonds. The molecule has 3 aromatic rings. The Hall–Kier alpha value is -1.26. The average Bonchev–Trinajstić information content (AvgIpc) is 2.86. The molecule has 3 aromatic carbocycles. The number of ether oxygens (including phenoxy) is 2. The van der Waals surface area contributed by atoms with E-state index in [0.29, 0.717) is 0 Å². The first kappa shape index (κ1) is 27.3. The zero-order valence-electron chi connectivity index (χ0n) is 20.9. The van der Waals surface area contributed by atoms with Crippen molar-refractivity contribution in [2.45, 2.75) is 90.9 Å². The van der Waals surface area contributed by atoms with Crippen molar-refractivity contribution in [2.24, 2.45) is 0 Å². The SMILES string of the molecule is CCCCCCCCOc1ccc2c(Br)c3cc(OCCCCCCCC)ccc3c(Br)c2c1. The van der Waals surface area contributed by atoms with Gasteiger partial charge in [0.1, 0.15) is 11.5 Å². The molecule has 0 saturated carbocycles. The average molecular weight is 592 g/mol. The summed E-state index contributed by atoms with van der Waals surface area (Å²) in [4.78, 5) is 0. The fourth-order valence-corrected chi connectivity index (χ4v) is 5.75. The van der Waals surface area contributed by atoms with E-state index in [2.05, 4.69) is 82.1 Å². The van der Waals surface area contributed by atoms with E-state index in [-0.39, 0.29) is 0 Å². The largest absolute Gasteiger partial charge is 0.494 e. The standard InChI is InChI=1S/C30H40Br2O2/c1-3-5-7-9-11-13-19-33-23-15-17-25-27(21-23)29(31)26-18-16-24(22-28(26)30(25)32)34-20-14-12-10-8-6-4-2/h15-18,21-22H,3-14,19-20H2,1-2H3. The van der Waals surface area contributed by atoms with E-state index in [1.54, 1.807) is 0 Å². The minimum Gasteiger partial charge on any atom is -0.494 e. The number of hydrogen-bond acceptors (Lipinski definition) is 2. The maximum absolute atomic E-state index is 6.08. The van der Waals surface area contributed by atoms with Crippen molar-refractivity contribution >= 4 is 53.4 Å². The molecule has 0 heterocycles. The molecule has 0 N–H and O–H groups in total. The van der Waals surface area contributed by atoms with Crippen molar-refractivity contribution in [3.63, 3.8) is 0 Å². The second-order valence-corrected chi connectivity index (χ2v) is 10.9. The third-order valence-corrected chi connectivity index (χ3v) is 8.17. The highest BCUT2D eigenvalue weighted by molar-refractivity contribution is 9.11. The highest BCUT2D eigenvalue weighted by Gasteiger charge is 2.13. The van der Waals surface area contributed by atoms with Crippen LogP contribution in [0.3, 0.4) is 0 Å². The van der Waals surface area contributed by atoms with Crippen LogP contribution in [0.15, 0.2) is 45.3 Å². The Labute approximate surface area is 223 Å². The maximum Gasteiger partial charge on any atom is 0.119 e. The number of rotatable bonds is 16. The Bertz CT molecular complexity index is 948. The van der Waals surface area contributed by atoms with Crippen LogP contribution in [0.1, 0.15) is 90.9 Å². The number of benzene rings is 3. The maximum atomic E-state index is 6.08. The van der Waals surface area contributed by atoms with Gasteiger partial charge in [-0.05, 0) is 91.9 Å². The summed E-state index contributed by atoms with van der Waals surface area (Å²) >= 11 is 7.74. The lowest BCUT2D eigenvalue weighted by Crippen LogP contribution is -1.98. The number of fused-ring (bicyclic) bond motifs is 2. The molecular weight excluding hydrogens is 552 g/mol. The smallest absolute Gasteiger partial charge is 0.119 e. The molecule has 0 unspecified atom stereocenters. The molecule has 0 radical (unpaired) electrons. The Kier molecular flexibility index (Phi) is 12.0. The molecule has 3 rings (SSSR count). The molecule has 186 valence electrons. The molecule has 0 aliphatic carbocycles. The van der Waals surface area contributed by atoms with Crippen LogP contribution in [-0.2, 0) is 0 Å². The van der Waals surface area contributed by atoms with E-state index in [4.69, 9.17) is 9.47 Å². The molecule has 0 atom stereocenters. The monoisotopic (exact) mass is 590 g/mol. The second kappa shape index (κ2) is 15.0. The van der Waals surface area contributed by atoms with Crippen molar-refractivity contribution in [2.75, 3.05) is 13.2 Å². The number of halogens is 2. The zero-order valence-corrected chi connectivity index (χ0v) is 24.1. The number of hydrogen-bond donors (Lipinski definition) is 0. The van der Waals surface area contributed by atoms with Crippen molar-refractivity contribution in [1.29, 1.82) is 0 Å². The molecule has 2 nitrogen and oxygen atoms in total. The van der Waals surface area contributed by atoms with Gasteiger partial charge in [0.2, 0.25) is 0 Å². The Morgan fingerprint density at radius 2 is 0.882 bits per heavy atom. The Morgan fingerprint density at radius 3 is 1.29 bits per heavy atom. The Morgan fingerprint density at radius 1 is 0.500 bits per heavy atom. The van der Waals surface area contributed by atoms with E-state index >= 15 is 0 Å². The van der Waals surface area contributed by atoms with Gasteiger partial charge in [0, 0.05) is 19.7 Å². The summed E-state index contributed by atoms with van der Waals surface area (Å²) < 4.78 is 14.4. The van der Waals surface area contributed by atoms with Crippen LogP contribution in [0.4, 0.5) is 0 Å². The van der Waals surface area contributed by atoms with Crippen LogP contribution in [0.2, 0.25) is 0 Å². The van der Waals surface area contributed by atoms with Crippen LogP contribution in [0.5, 0.6) is 11.5 Å². The number of unbranched alkanes of at least 4 members (excludes halogenated alkanes) is 10. The van der Waals surface area contributed by atoms with Gasteiger partial charge in [0.25, 0.3) is 0 Å². The molecule has 0 spiro atoms. The van der Waals surface area contributed by atoms with E-state index < -0.39 is 0 Å². The van der Waals surface area contributed by atoms with E-state index in [1.807, 2.05) is 0 Å². The summed E-state index contributed by atoms with van der Waals surface area (Å²) in [6.07, 6.45) is 15.3. The van der Waals surface area contributed by atoms with Crippen molar-refractivity contribution in [3.05, 3.63) is 45.3 Å². The summed E-state index contributed by atoms with van der Waals surface area (Å²) in [6.45, 7) is 6.08. The van der Waals surface area contributed by atoms with E-state index in [9.17, 15) is 0 Å². The van der Waals surface area contributed by atoms with Crippen molar-refractivity contribution in [3.8, 4) is 11.5 Å². The van der Waals surface area contributed by atoms with Gasteiger partial charge in [-0.3, -0.25) is 0 Å². The van der Waals surface area contributed by atoms with Gasteiger partial charge < -0.3 is 9.47 Å². The third-order valence-electron chi connectivity index (χ3n) is 6.46. The lowest BCUT2D eigenvalue weighted by atomic mass is 10.0. The summed E-state index contributed by atoms with van der Waals surface area (Å²) in [5, 5.41) is 4.69. The van der Waals surface area contributed by atoms with Gasteiger partial charge in [-0.2, -0.15) is 0 Å². The molecule has 0 aromatic heterocycles. The van der Waals surface area contributed by atoms with Crippen LogP contribution >= 0.6 is 31.9 Å². The Balaban J connectivity index is 1.63. The summed E-state index contributed by atoms with van der Waals surface area (Å²) in [5.74, 6) is 1.87. The van der Waals surface area contributed by atoms with Crippen molar-refractivity contribution < 1.29 is 9.47 Å². The van der Waals surface area contributed by atoms with E-state index in [0.717, 1.165) is 46.5 Å². The zero-order chi connectivity index (χ0) is 24.2. The molecule has 4 heteroatoms. The third kappa shape index (κ3) is 7.88. The first-order valence-corrected chi connectivity index (χ1v) is 14.8. The normalized spacial score (nSPS) is 11.4.